The molecule has 27 heavy (non-hydrogen) atoms. The molecule has 1 unspecified atom stereocenters. The summed E-state index contributed by atoms with van der Waals surface area (Å²) in [6.07, 6.45) is 1.47. The summed E-state index contributed by atoms with van der Waals surface area (Å²) in [7, 11) is 1.46. The number of hydrogen-bond acceptors (Lipinski definition) is 7. The molecule has 8 heteroatoms. The molecule has 0 aliphatic carbocycles. The van der Waals surface area contributed by atoms with Crippen molar-refractivity contribution in [2.75, 3.05) is 7.11 Å². The number of rotatable bonds is 6. The Kier molecular flexibility index (Phi) is 5.87. The predicted octanol–water partition coefficient (Wildman–Crippen LogP) is 3.09. The van der Waals surface area contributed by atoms with Gasteiger partial charge in [-0.25, -0.2) is 0 Å². The number of ether oxygens (including phenoxy) is 2. The zero-order valence-corrected chi connectivity index (χ0v) is 15.2. The highest BCUT2D eigenvalue weighted by Gasteiger charge is 2.34. The minimum absolute atomic E-state index is 0.206. The highest BCUT2D eigenvalue weighted by molar-refractivity contribution is 8.15. The van der Waals surface area contributed by atoms with Gasteiger partial charge >= 0.3 is 5.97 Å². The number of thioether (sulfide) groups is 1. The number of nitrogens with one attached hydrogen (secondary N) is 1. The van der Waals surface area contributed by atoms with E-state index in [-0.39, 0.29) is 12.2 Å². The lowest BCUT2D eigenvalue weighted by molar-refractivity contribution is -0.136. The monoisotopic (exact) mass is 384 g/mol. The van der Waals surface area contributed by atoms with Gasteiger partial charge in [-0.1, -0.05) is 30.0 Å². The van der Waals surface area contributed by atoms with E-state index in [1.54, 1.807) is 24.4 Å². The molecule has 1 aliphatic heterocycles. The Morgan fingerprint density at radius 1 is 1.19 bits per heavy atom. The van der Waals surface area contributed by atoms with E-state index in [2.05, 4.69) is 10.3 Å². The highest BCUT2D eigenvalue weighted by Crippen LogP contribution is 2.29. The molecule has 7 nitrogen and oxygen atoms in total. The zero-order valence-electron chi connectivity index (χ0n) is 14.4. The summed E-state index contributed by atoms with van der Waals surface area (Å²) in [6.45, 7) is 0. The van der Waals surface area contributed by atoms with Crippen molar-refractivity contribution in [3.8, 4) is 11.5 Å². The van der Waals surface area contributed by atoms with Crippen molar-refractivity contribution in [1.82, 2.24) is 5.32 Å². The SMILES string of the molecule is COc1cc(C=Nc2ccccc2)ccc1OC(=O)CC1SC(=O)NC1=O. The van der Waals surface area contributed by atoms with Crippen molar-refractivity contribution < 1.29 is 23.9 Å². The van der Waals surface area contributed by atoms with Crippen LogP contribution in [0.4, 0.5) is 10.5 Å². The fourth-order valence-electron chi connectivity index (χ4n) is 2.36. The Balaban J connectivity index is 1.67. The summed E-state index contributed by atoms with van der Waals surface area (Å²) in [4.78, 5) is 39.1. The van der Waals surface area contributed by atoms with Crippen LogP contribution >= 0.6 is 11.8 Å². The molecule has 0 saturated carbocycles. The van der Waals surface area contributed by atoms with Gasteiger partial charge in [0.1, 0.15) is 5.25 Å². The molecule has 3 rings (SSSR count). The third-order valence-corrected chi connectivity index (χ3v) is 4.63. The minimum Gasteiger partial charge on any atom is -0.493 e. The number of amides is 2. The van der Waals surface area contributed by atoms with Crippen LogP contribution in [0.2, 0.25) is 0 Å². The highest BCUT2D eigenvalue weighted by atomic mass is 32.2. The summed E-state index contributed by atoms with van der Waals surface area (Å²) in [5.74, 6) is -0.517. The maximum atomic E-state index is 12.1. The molecule has 1 saturated heterocycles. The van der Waals surface area contributed by atoms with Gasteiger partial charge in [-0.2, -0.15) is 0 Å². The fourth-order valence-corrected chi connectivity index (χ4v) is 3.16. The molecular formula is C19H16N2O5S. The lowest BCUT2D eigenvalue weighted by Gasteiger charge is -2.10. The summed E-state index contributed by atoms with van der Waals surface area (Å²) >= 11 is 0.780. The normalized spacial score (nSPS) is 16.4. The Hall–Kier alpha value is -3.13. The Labute approximate surface area is 159 Å². The van der Waals surface area contributed by atoms with Gasteiger partial charge in [0, 0.05) is 6.21 Å². The van der Waals surface area contributed by atoms with E-state index in [4.69, 9.17) is 9.47 Å². The number of carbonyl (C=O) groups is 3. The zero-order chi connectivity index (χ0) is 19.2. The summed E-state index contributed by atoms with van der Waals surface area (Å²) < 4.78 is 10.6. The quantitative estimate of drug-likeness (QED) is 0.467. The number of esters is 1. The Morgan fingerprint density at radius 3 is 2.63 bits per heavy atom. The van der Waals surface area contributed by atoms with Crippen LogP contribution in [0.1, 0.15) is 12.0 Å². The van der Waals surface area contributed by atoms with Crippen molar-refractivity contribution in [2.24, 2.45) is 4.99 Å². The largest absolute Gasteiger partial charge is 0.493 e. The van der Waals surface area contributed by atoms with E-state index < -0.39 is 22.4 Å². The van der Waals surface area contributed by atoms with Crippen LogP contribution in [0.3, 0.4) is 0 Å². The molecule has 0 radical (unpaired) electrons. The van der Waals surface area contributed by atoms with E-state index in [0.717, 1.165) is 23.0 Å². The standard InChI is InChI=1S/C19H16N2O5S/c1-25-15-9-12(11-20-13-5-3-2-4-6-13)7-8-14(15)26-17(22)10-16-18(23)21-19(24)27-16/h2-9,11,16H,10H2,1H3,(H,21,23,24). The van der Waals surface area contributed by atoms with Crippen LogP contribution in [-0.4, -0.2) is 35.7 Å². The summed E-state index contributed by atoms with van der Waals surface area (Å²) in [6, 6.07) is 14.5. The van der Waals surface area contributed by atoms with Crippen LogP contribution in [0, 0.1) is 0 Å². The Morgan fingerprint density at radius 2 is 1.96 bits per heavy atom. The third-order valence-electron chi connectivity index (χ3n) is 3.65. The van der Waals surface area contributed by atoms with Gasteiger partial charge in [0.2, 0.25) is 5.91 Å². The lowest BCUT2D eigenvalue weighted by Crippen LogP contribution is -2.27. The smallest absolute Gasteiger partial charge is 0.312 e. The first-order chi connectivity index (χ1) is 13.0. The fraction of sp³-hybridized carbons (Fsp3) is 0.158. The van der Waals surface area contributed by atoms with E-state index >= 15 is 0 Å². The maximum Gasteiger partial charge on any atom is 0.312 e. The predicted molar refractivity (Wildman–Crippen MR) is 102 cm³/mol. The van der Waals surface area contributed by atoms with E-state index in [1.807, 2.05) is 30.3 Å². The number of hydrogen-bond donors (Lipinski definition) is 1. The lowest BCUT2D eigenvalue weighted by atomic mass is 10.2. The third kappa shape index (κ3) is 4.95. The second kappa shape index (κ2) is 8.50. The number of carbonyl (C=O) groups excluding carboxylic acids is 3. The first-order valence-corrected chi connectivity index (χ1v) is 8.92. The van der Waals surface area contributed by atoms with E-state index in [9.17, 15) is 14.4 Å². The number of nitrogens with zero attached hydrogens (tertiary/aromatic N) is 1. The van der Waals surface area contributed by atoms with Crippen LogP contribution in [0.5, 0.6) is 11.5 Å². The van der Waals surface area contributed by atoms with Gasteiger partial charge < -0.3 is 9.47 Å². The van der Waals surface area contributed by atoms with Crippen molar-refractivity contribution in [2.45, 2.75) is 11.7 Å². The van der Waals surface area contributed by atoms with Crippen LogP contribution < -0.4 is 14.8 Å². The second-order valence-corrected chi connectivity index (χ2v) is 6.74. The van der Waals surface area contributed by atoms with Crippen molar-refractivity contribution in [1.29, 1.82) is 0 Å². The van der Waals surface area contributed by atoms with Gasteiger partial charge in [-0.3, -0.25) is 24.7 Å². The first-order valence-electron chi connectivity index (χ1n) is 8.04. The molecule has 0 bridgehead atoms. The van der Waals surface area contributed by atoms with Gasteiger partial charge in [0.05, 0.1) is 19.2 Å². The molecule has 1 aliphatic rings. The molecule has 1 N–H and O–H groups in total. The minimum atomic E-state index is -0.770. The molecule has 1 atom stereocenters. The maximum absolute atomic E-state index is 12.1. The molecule has 2 aromatic rings. The molecule has 0 spiro atoms. The molecule has 1 fully saturated rings. The number of benzene rings is 2. The Bertz CT molecular complexity index is 898. The molecule has 2 aromatic carbocycles. The van der Waals surface area contributed by atoms with Crippen LogP contribution in [-0.2, 0) is 9.59 Å². The summed E-state index contributed by atoms with van der Waals surface area (Å²) in [5.41, 5.74) is 1.58. The van der Waals surface area contributed by atoms with Crippen molar-refractivity contribution in [3.05, 3.63) is 54.1 Å². The van der Waals surface area contributed by atoms with Gasteiger partial charge in [0.25, 0.3) is 5.24 Å². The van der Waals surface area contributed by atoms with Crippen LogP contribution in [0.15, 0.2) is 53.5 Å². The first kappa shape index (κ1) is 18.7. The molecule has 138 valence electrons. The average molecular weight is 384 g/mol. The number of aliphatic imine (C=N–C) groups is 1. The van der Waals surface area contributed by atoms with Crippen LogP contribution in [0.25, 0.3) is 0 Å². The van der Waals surface area contributed by atoms with Gasteiger partial charge in [-0.05, 0) is 35.9 Å². The van der Waals surface area contributed by atoms with Crippen molar-refractivity contribution >= 4 is 40.8 Å². The molecule has 1 heterocycles. The number of methoxy groups -OCH3 is 1. The number of para-hydroxylation sites is 1. The molecular weight excluding hydrogens is 368 g/mol. The average Bonchev–Trinajstić information content (AvgIpc) is 2.98. The molecule has 0 aromatic heterocycles. The van der Waals surface area contributed by atoms with E-state index in [0.29, 0.717) is 5.75 Å². The number of imide groups is 1. The summed E-state index contributed by atoms with van der Waals surface area (Å²) in [5, 5.41) is 0.901. The van der Waals surface area contributed by atoms with Gasteiger partial charge in [-0.15, -0.1) is 0 Å². The van der Waals surface area contributed by atoms with Crippen molar-refractivity contribution in [3.63, 3.8) is 0 Å². The van der Waals surface area contributed by atoms with E-state index in [1.165, 1.54) is 7.11 Å². The van der Waals surface area contributed by atoms with Gasteiger partial charge in [0.15, 0.2) is 11.5 Å². The second-order valence-electron chi connectivity index (χ2n) is 5.57. The molecule has 2 amide bonds. The topological polar surface area (TPSA) is 94.1 Å².